The molecule has 2 atom stereocenters. The van der Waals surface area contributed by atoms with Crippen molar-refractivity contribution < 1.29 is 22.6 Å². The molecule has 0 radical (unpaired) electrons. The van der Waals surface area contributed by atoms with Crippen molar-refractivity contribution in [2.75, 3.05) is 27.1 Å². The Morgan fingerprint density at radius 3 is 1.94 bits per heavy atom. The molecule has 196 valence electrons. The van der Waals surface area contributed by atoms with Crippen LogP contribution in [0.25, 0.3) is 0 Å². The smallest absolute Gasteiger partial charge is 0.186 e. The Balaban J connectivity index is 1.69. The van der Waals surface area contributed by atoms with Crippen molar-refractivity contribution in [1.29, 1.82) is 0 Å². The molecule has 0 heterocycles. The predicted molar refractivity (Wildman–Crippen MR) is 139 cm³/mol. The van der Waals surface area contributed by atoms with Gasteiger partial charge < -0.3 is 14.2 Å². The molecule has 0 saturated heterocycles. The van der Waals surface area contributed by atoms with Gasteiger partial charge in [-0.1, -0.05) is 109 Å². The number of methoxy groups -OCH3 is 1. The van der Waals surface area contributed by atoms with Gasteiger partial charge in [-0.3, -0.25) is 0 Å². The van der Waals surface area contributed by atoms with Crippen LogP contribution in [-0.4, -0.2) is 46.4 Å². The fourth-order valence-electron chi connectivity index (χ4n) is 4.75. The van der Waals surface area contributed by atoms with Crippen LogP contribution in [0.1, 0.15) is 103 Å². The van der Waals surface area contributed by atoms with Crippen molar-refractivity contribution in [3.8, 4) is 0 Å². The van der Waals surface area contributed by atoms with Crippen molar-refractivity contribution in [2.45, 2.75) is 119 Å². The molecule has 34 heavy (non-hydrogen) atoms. The van der Waals surface area contributed by atoms with E-state index in [1.165, 1.54) is 70.6 Å². The second-order valence-electron chi connectivity index (χ2n) is 9.75. The van der Waals surface area contributed by atoms with E-state index in [1.54, 1.807) is 31.4 Å². The van der Waals surface area contributed by atoms with Gasteiger partial charge in [0.05, 0.1) is 24.2 Å². The Labute approximate surface area is 208 Å². The van der Waals surface area contributed by atoms with Crippen LogP contribution in [0.5, 0.6) is 0 Å². The largest absolute Gasteiger partial charge is 0.382 e. The number of benzene rings is 1. The van der Waals surface area contributed by atoms with E-state index < -0.39 is 14.6 Å². The molecule has 2 unspecified atom stereocenters. The first kappa shape index (κ1) is 29.3. The van der Waals surface area contributed by atoms with E-state index in [-0.39, 0.29) is 12.9 Å². The van der Waals surface area contributed by atoms with E-state index in [0.29, 0.717) is 31.0 Å². The van der Waals surface area contributed by atoms with E-state index in [0.717, 1.165) is 12.8 Å². The van der Waals surface area contributed by atoms with Gasteiger partial charge in [-0.25, -0.2) is 8.42 Å². The Kier molecular flexibility index (Phi) is 14.4. The maximum absolute atomic E-state index is 13.5. The summed E-state index contributed by atoms with van der Waals surface area (Å²) in [5.74, 6) is 0. The Bertz CT molecular complexity index is 736. The molecule has 5 nitrogen and oxygen atoms in total. The van der Waals surface area contributed by atoms with Crippen molar-refractivity contribution in [3.05, 3.63) is 30.3 Å². The zero-order chi connectivity index (χ0) is 24.5. The van der Waals surface area contributed by atoms with Crippen molar-refractivity contribution in [2.24, 2.45) is 0 Å². The van der Waals surface area contributed by atoms with Crippen LogP contribution in [0, 0.1) is 0 Å². The van der Waals surface area contributed by atoms with Crippen LogP contribution in [0.15, 0.2) is 35.2 Å². The maximum Gasteiger partial charge on any atom is 0.186 e. The molecule has 1 saturated carbocycles. The standard InChI is InChI=1S/C28H48O5S/c1-3-4-5-6-7-8-9-10-11-12-13-14-18-21-28(24-27(28)33-25-32-23-22-31-2)34(29,30)26-19-16-15-17-20-26/h15-17,19-20,27H,3-14,18,21-25H2,1-2H3. The summed E-state index contributed by atoms with van der Waals surface area (Å²) in [6, 6.07) is 8.83. The highest BCUT2D eigenvalue weighted by molar-refractivity contribution is 7.93. The zero-order valence-electron chi connectivity index (χ0n) is 21.6. The molecule has 0 bridgehead atoms. The minimum absolute atomic E-state index is 0.110. The molecule has 1 aromatic carbocycles. The lowest BCUT2D eigenvalue weighted by molar-refractivity contribution is -0.0749. The van der Waals surface area contributed by atoms with Gasteiger partial charge in [-0.15, -0.1) is 0 Å². The fourth-order valence-corrected chi connectivity index (χ4v) is 6.94. The summed E-state index contributed by atoms with van der Waals surface area (Å²) in [7, 11) is -1.82. The van der Waals surface area contributed by atoms with Gasteiger partial charge >= 0.3 is 0 Å². The lowest BCUT2D eigenvalue weighted by atomic mass is 10.0. The van der Waals surface area contributed by atoms with E-state index in [9.17, 15) is 8.42 Å². The third-order valence-corrected chi connectivity index (χ3v) is 9.63. The summed E-state index contributed by atoms with van der Waals surface area (Å²) in [5, 5.41) is 0. The highest BCUT2D eigenvalue weighted by Crippen LogP contribution is 2.52. The van der Waals surface area contributed by atoms with Crippen LogP contribution in [-0.2, 0) is 24.0 Å². The molecule has 1 fully saturated rings. The van der Waals surface area contributed by atoms with Crippen LogP contribution in [0.4, 0.5) is 0 Å². The molecule has 0 amide bonds. The van der Waals surface area contributed by atoms with E-state index in [2.05, 4.69) is 6.92 Å². The second kappa shape index (κ2) is 16.7. The monoisotopic (exact) mass is 496 g/mol. The first-order chi connectivity index (χ1) is 16.6. The molecule has 0 aromatic heterocycles. The molecule has 0 N–H and O–H groups in total. The summed E-state index contributed by atoms with van der Waals surface area (Å²) < 4.78 is 42.4. The first-order valence-electron chi connectivity index (χ1n) is 13.6. The lowest BCUT2D eigenvalue weighted by Crippen LogP contribution is -2.29. The molecule has 2 rings (SSSR count). The molecule has 1 aliphatic rings. The van der Waals surface area contributed by atoms with Crippen molar-refractivity contribution in [3.63, 3.8) is 0 Å². The summed E-state index contributed by atoms with van der Waals surface area (Å²) >= 11 is 0. The summed E-state index contributed by atoms with van der Waals surface area (Å²) in [4.78, 5) is 0.399. The molecule has 0 spiro atoms. The molecule has 1 aliphatic carbocycles. The van der Waals surface area contributed by atoms with E-state index in [4.69, 9.17) is 14.2 Å². The third kappa shape index (κ3) is 9.60. The topological polar surface area (TPSA) is 61.8 Å². The Morgan fingerprint density at radius 1 is 0.824 bits per heavy atom. The average molecular weight is 497 g/mol. The highest BCUT2D eigenvalue weighted by Gasteiger charge is 2.64. The minimum Gasteiger partial charge on any atom is -0.382 e. The number of hydrogen-bond acceptors (Lipinski definition) is 5. The third-order valence-electron chi connectivity index (χ3n) is 7.03. The molecular formula is C28H48O5S. The van der Waals surface area contributed by atoms with E-state index in [1.807, 2.05) is 6.07 Å². The van der Waals surface area contributed by atoms with E-state index >= 15 is 0 Å². The van der Waals surface area contributed by atoms with Gasteiger partial charge in [0.1, 0.15) is 11.5 Å². The number of unbranched alkanes of at least 4 members (excludes halogenated alkanes) is 12. The van der Waals surface area contributed by atoms with Gasteiger partial charge in [-0.05, 0) is 25.0 Å². The predicted octanol–water partition coefficient (Wildman–Crippen LogP) is 7.09. The number of rotatable bonds is 22. The normalized spacial score (nSPS) is 20.0. The minimum atomic E-state index is -3.45. The second-order valence-corrected chi connectivity index (χ2v) is 12.0. The van der Waals surface area contributed by atoms with Crippen molar-refractivity contribution in [1.82, 2.24) is 0 Å². The number of ether oxygens (including phenoxy) is 3. The van der Waals surface area contributed by atoms with Crippen molar-refractivity contribution >= 4 is 9.84 Å². The van der Waals surface area contributed by atoms with Gasteiger partial charge in [0.15, 0.2) is 9.84 Å². The SMILES string of the molecule is CCCCCCCCCCCCCCCC1(S(=O)(=O)c2ccccc2)CC1OCOCCOC. The lowest BCUT2D eigenvalue weighted by Gasteiger charge is -2.19. The Morgan fingerprint density at radius 2 is 1.38 bits per heavy atom. The van der Waals surface area contributed by atoms with Gasteiger partial charge in [0.25, 0.3) is 0 Å². The quantitative estimate of drug-likeness (QED) is 0.127. The fraction of sp³-hybridized carbons (Fsp3) is 0.786. The molecular weight excluding hydrogens is 448 g/mol. The van der Waals surface area contributed by atoms with Crippen LogP contribution in [0.3, 0.4) is 0 Å². The van der Waals surface area contributed by atoms with Gasteiger partial charge in [0, 0.05) is 7.11 Å². The van der Waals surface area contributed by atoms with Gasteiger partial charge in [0.2, 0.25) is 0 Å². The zero-order valence-corrected chi connectivity index (χ0v) is 22.5. The summed E-state index contributed by atoms with van der Waals surface area (Å²) in [6.07, 6.45) is 17.6. The molecule has 0 aliphatic heterocycles. The van der Waals surface area contributed by atoms with Crippen LogP contribution in [0.2, 0.25) is 0 Å². The average Bonchev–Trinajstić information content (AvgIpc) is 3.57. The summed E-state index contributed by atoms with van der Waals surface area (Å²) in [5.41, 5.74) is 0. The highest BCUT2D eigenvalue weighted by atomic mass is 32.2. The summed E-state index contributed by atoms with van der Waals surface area (Å²) in [6.45, 7) is 3.32. The number of sulfone groups is 1. The molecule has 6 heteroatoms. The maximum atomic E-state index is 13.5. The molecule has 1 aromatic rings. The van der Waals surface area contributed by atoms with Crippen LogP contribution >= 0.6 is 0 Å². The Hall–Kier alpha value is -0.950. The first-order valence-corrected chi connectivity index (χ1v) is 15.0. The van der Waals surface area contributed by atoms with Gasteiger partial charge in [-0.2, -0.15) is 0 Å². The van der Waals surface area contributed by atoms with Crippen LogP contribution < -0.4 is 0 Å². The number of hydrogen-bond donors (Lipinski definition) is 0.